The van der Waals surface area contributed by atoms with Crippen LogP contribution in [0.1, 0.15) is 39.0 Å². The Morgan fingerprint density at radius 3 is 2.47 bits per heavy atom. The second kappa shape index (κ2) is 4.76. The van der Waals surface area contributed by atoms with Gasteiger partial charge in [-0.05, 0) is 32.1 Å². The molecule has 0 bridgehead atoms. The zero-order valence-corrected chi connectivity index (χ0v) is 10.1. The van der Waals surface area contributed by atoms with E-state index in [9.17, 15) is 13.2 Å². The summed E-state index contributed by atoms with van der Waals surface area (Å²) in [6, 6.07) is 0. The standard InChI is InChI=1S/C12H20F3NO/c1-2-10-7-16-8-11(17-10)5-3-9(4-6-11)12(13,14)15/h9-10,16H,2-8H2,1H3. The zero-order valence-electron chi connectivity index (χ0n) is 10.1. The molecule has 2 rings (SSSR count). The van der Waals surface area contributed by atoms with Crippen molar-refractivity contribution >= 4 is 0 Å². The van der Waals surface area contributed by atoms with Crippen molar-refractivity contribution in [2.45, 2.75) is 56.9 Å². The van der Waals surface area contributed by atoms with E-state index in [0.29, 0.717) is 19.4 Å². The molecule has 1 spiro atoms. The van der Waals surface area contributed by atoms with Gasteiger partial charge in [-0.25, -0.2) is 0 Å². The lowest BCUT2D eigenvalue weighted by Gasteiger charge is -2.46. The third kappa shape index (κ3) is 2.94. The third-order valence-corrected chi connectivity index (χ3v) is 4.05. The van der Waals surface area contributed by atoms with Crippen molar-refractivity contribution in [2.75, 3.05) is 13.1 Å². The van der Waals surface area contributed by atoms with E-state index in [1.807, 2.05) is 6.92 Å². The molecule has 1 saturated heterocycles. The van der Waals surface area contributed by atoms with Crippen LogP contribution in [0.4, 0.5) is 13.2 Å². The molecular weight excluding hydrogens is 231 g/mol. The second-order valence-corrected chi connectivity index (χ2v) is 5.28. The molecule has 0 aromatic heterocycles. The topological polar surface area (TPSA) is 21.3 Å². The molecule has 5 heteroatoms. The number of morpholine rings is 1. The predicted octanol–water partition coefficient (Wildman–Crippen LogP) is 2.88. The Balaban J connectivity index is 1.93. The van der Waals surface area contributed by atoms with Crippen LogP contribution in [0, 0.1) is 5.92 Å². The quantitative estimate of drug-likeness (QED) is 0.773. The molecular formula is C12H20F3NO. The van der Waals surface area contributed by atoms with E-state index in [1.165, 1.54) is 0 Å². The van der Waals surface area contributed by atoms with Crippen molar-refractivity contribution in [1.82, 2.24) is 5.32 Å². The fraction of sp³-hybridized carbons (Fsp3) is 1.00. The van der Waals surface area contributed by atoms with Gasteiger partial charge in [-0.15, -0.1) is 0 Å². The van der Waals surface area contributed by atoms with Crippen molar-refractivity contribution in [3.63, 3.8) is 0 Å². The minimum Gasteiger partial charge on any atom is -0.369 e. The molecule has 0 radical (unpaired) electrons. The molecule has 17 heavy (non-hydrogen) atoms. The monoisotopic (exact) mass is 251 g/mol. The van der Waals surface area contributed by atoms with Crippen molar-refractivity contribution in [3.8, 4) is 0 Å². The summed E-state index contributed by atoms with van der Waals surface area (Å²) in [6.45, 7) is 3.57. The molecule has 2 aliphatic rings. The highest BCUT2D eigenvalue weighted by Crippen LogP contribution is 2.43. The first kappa shape index (κ1) is 13.1. The van der Waals surface area contributed by atoms with Crippen molar-refractivity contribution < 1.29 is 17.9 Å². The molecule has 1 aliphatic carbocycles. The van der Waals surface area contributed by atoms with Crippen molar-refractivity contribution in [2.24, 2.45) is 5.92 Å². The Labute approximate surface area is 99.9 Å². The molecule has 1 heterocycles. The number of rotatable bonds is 1. The number of ether oxygens (including phenoxy) is 1. The first-order valence-corrected chi connectivity index (χ1v) is 6.40. The lowest BCUT2D eigenvalue weighted by atomic mass is 9.77. The fourth-order valence-corrected chi connectivity index (χ4v) is 2.89. The van der Waals surface area contributed by atoms with Gasteiger partial charge in [0.2, 0.25) is 0 Å². The Morgan fingerprint density at radius 2 is 1.94 bits per heavy atom. The van der Waals surface area contributed by atoms with E-state index < -0.39 is 12.1 Å². The summed E-state index contributed by atoms with van der Waals surface area (Å²) in [5.41, 5.74) is -0.333. The maximum Gasteiger partial charge on any atom is 0.391 e. The Bertz CT molecular complexity index is 259. The summed E-state index contributed by atoms with van der Waals surface area (Å²) in [7, 11) is 0. The largest absolute Gasteiger partial charge is 0.391 e. The van der Waals surface area contributed by atoms with Crippen LogP contribution in [0.25, 0.3) is 0 Å². The molecule has 2 nitrogen and oxygen atoms in total. The van der Waals surface area contributed by atoms with E-state index in [2.05, 4.69) is 5.32 Å². The molecule has 0 aromatic carbocycles. The Hall–Kier alpha value is -0.290. The van der Waals surface area contributed by atoms with Gasteiger partial charge in [-0.1, -0.05) is 6.92 Å². The van der Waals surface area contributed by atoms with E-state index >= 15 is 0 Å². The number of alkyl halides is 3. The summed E-state index contributed by atoms with van der Waals surface area (Å²) in [5, 5.41) is 3.29. The van der Waals surface area contributed by atoms with Gasteiger partial charge in [-0.2, -0.15) is 13.2 Å². The molecule has 1 unspecified atom stereocenters. The van der Waals surface area contributed by atoms with Crippen LogP contribution in [0.15, 0.2) is 0 Å². The second-order valence-electron chi connectivity index (χ2n) is 5.28. The van der Waals surface area contributed by atoms with Crippen LogP contribution < -0.4 is 5.32 Å². The Kier molecular flexibility index (Phi) is 3.69. The smallest absolute Gasteiger partial charge is 0.369 e. The first-order valence-electron chi connectivity index (χ1n) is 6.40. The first-order chi connectivity index (χ1) is 7.95. The highest BCUT2D eigenvalue weighted by Gasteiger charge is 2.47. The van der Waals surface area contributed by atoms with Crippen LogP contribution in [-0.4, -0.2) is 31.0 Å². The van der Waals surface area contributed by atoms with E-state index in [1.54, 1.807) is 0 Å². The third-order valence-electron chi connectivity index (χ3n) is 4.05. The molecule has 1 atom stereocenters. The average molecular weight is 251 g/mol. The number of hydrogen-bond donors (Lipinski definition) is 1. The minimum atomic E-state index is -4.03. The van der Waals surface area contributed by atoms with Crippen molar-refractivity contribution in [1.29, 1.82) is 0 Å². The van der Waals surface area contributed by atoms with Crippen LogP contribution in [0.2, 0.25) is 0 Å². The van der Waals surface area contributed by atoms with Crippen molar-refractivity contribution in [3.05, 3.63) is 0 Å². The number of halogens is 3. The summed E-state index contributed by atoms with van der Waals surface area (Å²) >= 11 is 0. The molecule has 1 aliphatic heterocycles. The normalized spacial score (nSPS) is 39.5. The van der Waals surface area contributed by atoms with E-state index in [-0.39, 0.29) is 24.5 Å². The summed E-state index contributed by atoms with van der Waals surface area (Å²) in [5.74, 6) is -1.13. The average Bonchev–Trinajstić information content (AvgIpc) is 2.28. The summed E-state index contributed by atoms with van der Waals surface area (Å²) in [6.07, 6.45) is -1.48. The zero-order chi connectivity index (χ0) is 12.5. The van der Waals surface area contributed by atoms with Gasteiger partial charge in [0.15, 0.2) is 0 Å². The van der Waals surface area contributed by atoms with Gasteiger partial charge in [0.05, 0.1) is 17.6 Å². The van der Waals surface area contributed by atoms with Gasteiger partial charge in [0, 0.05) is 13.1 Å². The summed E-state index contributed by atoms with van der Waals surface area (Å²) < 4.78 is 43.7. The molecule has 1 N–H and O–H groups in total. The SMILES string of the molecule is CCC1CNCC2(CCC(C(F)(F)F)CC2)O1. The molecule has 2 fully saturated rings. The molecule has 0 aromatic rings. The minimum absolute atomic E-state index is 0.159. The van der Waals surface area contributed by atoms with Crippen LogP contribution in [0.3, 0.4) is 0 Å². The Morgan fingerprint density at radius 1 is 1.29 bits per heavy atom. The summed E-state index contributed by atoms with van der Waals surface area (Å²) in [4.78, 5) is 0. The van der Waals surface area contributed by atoms with Gasteiger partial charge in [0.25, 0.3) is 0 Å². The highest BCUT2D eigenvalue weighted by atomic mass is 19.4. The van der Waals surface area contributed by atoms with Gasteiger partial charge >= 0.3 is 6.18 Å². The lowest BCUT2D eigenvalue weighted by molar-refractivity contribution is -0.205. The fourth-order valence-electron chi connectivity index (χ4n) is 2.89. The molecule has 1 saturated carbocycles. The van der Waals surface area contributed by atoms with Crippen LogP contribution >= 0.6 is 0 Å². The van der Waals surface area contributed by atoms with Gasteiger partial charge in [-0.3, -0.25) is 0 Å². The molecule has 100 valence electrons. The van der Waals surface area contributed by atoms with E-state index in [4.69, 9.17) is 4.74 Å². The lowest BCUT2D eigenvalue weighted by Crippen LogP contribution is -2.55. The van der Waals surface area contributed by atoms with Gasteiger partial charge < -0.3 is 10.1 Å². The van der Waals surface area contributed by atoms with Gasteiger partial charge in [0.1, 0.15) is 0 Å². The van der Waals surface area contributed by atoms with E-state index in [0.717, 1.165) is 13.0 Å². The highest BCUT2D eigenvalue weighted by molar-refractivity contribution is 4.94. The number of hydrogen-bond acceptors (Lipinski definition) is 2. The maximum atomic E-state index is 12.6. The van der Waals surface area contributed by atoms with Crippen LogP contribution in [-0.2, 0) is 4.74 Å². The van der Waals surface area contributed by atoms with Crippen LogP contribution in [0.5, 0.6) is 0 Å². The number of nitrogens with one attached hydrogen (secondary N) is 1. The molecule has 0 amide bonds. The predicted molar refractivity (Wildman–Crippen MR) is 58.8 cm³/mol. The maximum absolute atomic E-state index is 12.6.